The molecule has 98 valence electrons. The molecular weight excluding hydrogens is 254 g/mol. The molecule has 2 heterocycles. The average molecular weight is 269 g/mol. The number of aromatic nitrogens is 1. The summed E-state index contributed by atoms with van der Waals surface area (Å²) in [4.78, 5) is 7.95. The fourth-order valence-corrected chi connectivity index (χ4v) is 2.83. The zero-order valence-electron chi connectivity index (χ0n) is 10.0. The van der Waals surface area contributed by atoms with Crippen molar-refractivity contribution in [2.45, 2.75) is 30.9 Å². The predicted octanol–water partition coefficient (Wildman–Crippen LogP) is 0.760. The molecule has 4 N–H and O–H groups in total. The number of aliphatic hydroxyl groups excluding tert-OH is 1. The van der Waals surface area contributed by atoms with Crippen molar-refractivity contribution in [1.82, 2.24) is 4.98 Å². The Morgan fingerprint density at radius 3 is 2.72 bits per heavy atom. The summed E-state index contributed by atoms with van der Waals surface area (Å²) in [7, 11) is 0. The van der Waals surface area contributed by atoms with Crippen LogP contribution in [0.4, 0.5) is 5.69 Å². The molecule has 0 bridgehead atoms. The van der Waals surface area contributed by atoms with Gasteiger partial charge in [-0.3, -0.25) is 4.99 Å². The van der Waals surface area contributed by atoms with Crippen molar-refractivity contribution in [3.8, 4) is 5.88 Å². The molecule has 0 fully saturated rings. The molecule has 1 aliphatic rings. The Balaban J connectivity index is 2.17. The summed E-state index contributed by atoms with van der Waals surface area (Å²) in [6.07, 6.45) is -0.0248. The van der Waals surface area contributed by atoms with Crippen LogP contribution in [0.1, 0.15) is 13.8 Å². The van der Waals surface area contributed by atoms with Crippen molar-refractivity contribution in [2.24, 2.45) is 4.99 Å². The molecule has 0 aromatic carbocycles. The van der Waals surface area contributed by atoms with Gasteiger partial charge in [0.2, 0.25) is 5.88 Å². The van der Waals surface area contributed by atoms with Gasteiger partial charge in [0.1, 0.15) is 11.7 Å². The number of anilines is 1. The monoisotopic (exact) mass is 269 g/mol. The van der Waals surface area contributed by atoms with Gasteiger partial charge in [-0.1, -0.05) is 11.8 Å². The molecule has 0 aliphatic carbocycles. The van der Waals surface area contributed by atoms with Gasteiger partial charge < -0.3 is 20.6 Å². The van der Waals surface area contributed by atoms with Gasteiger partial charge >= 0.3 is 0 Å². The number of aliphatic hydroxyl groups is 2. The van der Waals surface area contributed by atoms with Gasteiger partial charge in [-0.05, 0) is 26.0 Å². The van der Waals surface area contributed by atoms with E-state index in [0.717, 1.165) is 0 Å². The molecule has 6 nitrogen and oxygen atoms in total. The van der Waals surface area contributed by atoms with Crippen LogP contribution in [0, 0.1) is 0 Å². The lowest BCUT2D eigenvalue weighted by Gasteiger charge is -2.24. The minimum Gasteiger partial charge on any atom is -0.492 e. The minimum atomic E-state index is -1.51. The van der Waals surface area contributed by atoms with E-state index in [9.17, 15) is 15.3 Å². The maximum Gasteiger partial charge on any atom is 0.235 e. The van der Waals surface area contributed by atoms with Gasteiger partial charge in [0.25, 0.3) is 0 Å². The summed E-state index contributed by atoms with van der Waals surface area (Å²) in [5.41, 5.74) is 0.438. The lowest BCUT2D eigenvalue weighted by molar-refractivity contribution is -0.0622. The highest BCUT2D eigenvalue weighted by Gasteiger charge is 2.41. The van der Waals surface area contributed by atoms with Gasteiger partial charge in [0.05, 0.1) is 0 Å². The number of thioether (sulfide) groups is 1. The summed E-state index contributed by atoms with van der Waals surface area (Å²) < 4.78 is -0.422. The molecular formula is C11H15N3O3S. The highest BCUT2D eigenvalue weighted by molar-refractivity contribution is 8.15. The van der Waals surface area contributed by atoms with Crippen LogP contribution in [0.2, 0.25) is 0 Å². The molecule has 1 aromatic heterocycles. The lowest BCUT2D eigenvalue weighted by atomic mass is 10.0. The third kappa shape index (κ3) is 2.58. The standard InChI is InChI=1S/C11H15N3O3S/c1-11(2)7(9(16)17)14-10(18-11)13-6-4-3-5-12-8(6)15/h3-5,7,9,16-17H,1-2H3,(H,12,15)(H,13,14)/t7-/m1/s1. The van der Waals surface area contributed by atoms with Crippen molar-refractivity contribution in [1.29, 1.82) is 0 Å². The zero-order chi connectivity index (χ0) is 13.3. The summed E-state index contributed by atoms with van der Waals surface area (Å²) in [5, 5.41) is 31.5. The van der Waals surface area contributed by atoms with E-state index in [1.807, 2.05) is 13.8 Å². The number of aromatic hydroxyl groups is 1. The van der Waals surface area contributed by atoms with Gasteiger partial charge in [-0.25, -0.2) is 4.98 Å². The summed E-state index contributed by atoms with van der Waals surface area (Å²) >= 11 is 1.39. The maximum absolute atomic E-state index is 9.54. The third-order valence-corrected chi connectivity index (χ3v) is 3.81. The Morgan fingerprint density at radius 2 is 2.17 bits per heavy atom. The number of hydrogen-bond acceptors (Lipinski definition) is 7. The Bertz CT molecular complexity index is 476. The number of pyridine rings is 1. The second kappa shape index (κ2) is 4.75. The SMILES string of the molecule is CC1(C)SC(Nc2cccnc2O)=N[C@@H]1C(O)O. The number of hydrogen-bond donors (Lipinski definition) is 4. The molecule has 1 aliphatic heterocycles. The Kier molecular flexibility index (Phi) is 3.47. The first-order chi connectivity index (χ1) is 8.40. The van der Waals surface area contributed by atoms with Crippen LogP contribution in [0.25, 0.3) is 0 Å². The minimum absolute atomic E-state index is 0.119. The van der Waals surface area contributed by atoms with Crippen LogP contribution in [-0.2, 0) is 0 Å². The van der Waals surface area contributed by atoms with E-state index >= 15 is 0 Å². The first kappa shape index (κ1) is 13.1. The molecule has 2 rings (SSSR count). The van der Waals surface area contributed by atoms with Gasteiger partial charge in [-0.2, -0.15) is 0 Å². The van der Waals surface area contributed by atoms with E-state index in [2.05, 4.69) is 15.3 Å². The first-order valence-corrected chi connectivity index (χ1v) is 6.26. The van der Waals surface area contributed by atoms with Gasteiger partial charge in [0, 0.05) is 10.9 Å². The highest BCUT2D eigenvalue weighted by Crippen LogP contribution is 2.39. The van der Waals surface area contributed by atoms with E-state index < -0.39 is 17.1 Å². The number of aliphatic imine (C=N–C) groups is 1. The second-order valence-corrected chi connectivity index (χ2v) is 6.14. The quantitative estimate of drug-likeness (QED) is 0.592. The Morgan fingerprint density at radius 1 is 1.44 bits per heavy atom. The fourth-order valence-electron chi connectivity index (χ4n) is 1.71. The van der Waals surface area contributed by atoms with Crippen LogP contribution < -0.4 is 5.32 Å². The summed E-state index contributed by atoms with van der Waals surface area (Å²) in [6.45, 7) is 3.76. The predicted molar refractivity (Wildman–Crippen MR) is 70.6 cm³/mol. The van der Waals surface area contributed by atoms with Crippen molar-refractivity contribution < 1.29 is 15.3 Å². The Hall–Kier alpha value is -1.31. The lowest BCUT2D eigenvalue weighted by Crippen LogP contribution is -2.38. The Labute approximate surface area is 109 Å². The second-order valence-electron chi connectivity index (χ2n) is 4.50. The van der Waals surface area contributed by atoms with E-state index in [1.54, 1.807) is 12.1 Å². The van der Waals surface area contributed by atoms with Crippen molar-refractivity contribution in [3.05, 3.63) is 18.3 Å². The third-order valence-electron chi connectivity index (χ3n) is 2.64. The number of nitrogens with zero attached hydrogens (tertiary/aromatic N) is 2. The molecule has 18 heavy (non-hydrogen) atoms. The number of rotatable bonds is 2. The normalized spacial score (nSPS) is 22.1. The topological polar surface area (TPSA) is 98.0 Å². The van der Waals surface area contributed by atoms with Crippen LogP contribution in [-0.4, -0.2) is 42.6 Å². The van der Waals surface area contributed by atoms with E-state index in [4.69, 9.17) is 0 Å². The zero-order valence-corrected chi connectivity index (χ0v) is 10.8. The van der Waals surface area contributed by atoms with Crippen LogP contribution in [0.15, 0.2) is 23.3 Å². The molecule has 0 amide bonds. The maximum atomic E-state index is 9.54. The van der Waals surface area contributed by atoms with Crippen molar-refractivity contribution in [3.63, 3.8) is 0 Å². The summed E-state index contributed by atoms with van der Waals surface area (Å²) in [5.74, 6) is -0.119. The molecule has 0 saturated heterocycles. The van der Waals surface area contributed by atoms with Crippen LogP contribution in [0.3, 0.4) is 0 Å². The highest BCUT2D eigenvalue weighted by atomic mass is 32.2. The van der Waals surface area contributed by atoms with Crippen molar-refractivity contribution >= 4 is 22.6 Å². The van der Waals surface area contributed by atoms with Gasteiger partial charge in [0.15, 0.2) is 11.5 Å². The van der Waals surface area contributed by atoms with Crippen LogP contribution in [0.5, 0.6) is 5.88 Å². The number of amidine groups is 1. The van der Waals surface area contributed by atoms with Gasteiger partial charge in [-0.15, -0.1) is 0 Å². The van der Waals surface area contributed by atoms with E-state index in [0.29, 0.717) is 10.9 Å². The largest absolute Gasteiger partial charge is 0.492 e. The molecule has 7 heteroatoms. The van der Waals surface area contributed by atoms with Crippen molar-refractivity contribution in [2.75, 3.05) is 5.32 Å². The molecule has 0 saturated carbocycles. The van der Waals surface area contributed by atoms with E-state index in [1.165, 1.54) is 18.0 Å². The molecule has 1 aromatic rings. The van der Waals surface area contributed by atoms with E-state index in [-0.39, 0.29) is 5.88 Å². The van der Waals surface area contributed by atoms with Crippen LogP contribution >= 0.6 is 11.8 Å². The number of nitrogens with one attached hydrogen (secondary N) is 1. The first-order valence-electron chi connectivity index (χ1n) is 5.44. The smallest absolute Gasteiger partial charge is 0.235 e. The molecule has 1 atom stereocenters. The molecule has 0 spiro atoms. The summed E-state index contributed by atoms with van der Waals surface area (Å²) in [6, 6.07) is 2.75. The fraction of sp³-hybridized carbons (Fsp3) is 0.455. The average Bonchev–Trinajstić information content (AvgIpc) is 2.57. The molecule has 0 unspecified atom stereocenters. The molecule has 0 radical (unpaired) electrons.